The second-order valence-electron chi connectivity index (χ2n) is 10.1. The monoisotopic (exact) mass is 540 g/mol. The van der Waals surface area contributed by atoms with Crippen molar-refractivity contribution in [1.82, 2.24) is 13.9 Å². The molecule has 0 radical (unpaired) electrons. The number of aromatic nitrogens is 2. The summed E-state index contributed by atoms with van der Waals surface area (Å²) in [5.41, 5.74) is -1.37. The number of anilines is 1. The van der Waals surface area contributed by atoms with Gasteiger partial charge in [-0.3, -0.25) is 4.79 Å². The van der Waals surface area contributed by atoms with E-state index in [-0.39, 0.29) is 53.2 Å². The molecule has 3 aromatic rings. The molecule has 0 saturated heterocycles. The molecule has 2 heterocycles. The zero-order valence-corrected chi connectivity index (χ0v) is 20.9. The van der Waals surface area contributed by atoms with Gasteiger partial charge in [0.2, 0.25) is 0 Å². The maximum Gasteiger partial charge on any atom is 0.273 e. The van der Waals surface area contributed by atoms with Crippen molar-refractivity contribution in [3.8, 4) is 0 Å². The van der Waals surface area contributed by atoms with Crippen LogP contribution in [0.2, 0.25) is 0 Å². The molecular weight excluding hydrogens is 513 g/mol. The van der Waals surface area contributed by atoms with Crippen LogP contribution in [0.1, 0.15) is 36.2 Å². The smallest absolute Gasteiger partial charge is 0.273 e. The number of halogens is 3. The standard InChI is InChI=1S/C24H27F3N4O5S/c1-30-6-5-15-20(22(33)28-14-7-16(25)18(27)17(26)8-14)31(2)23(21(15)30)37(35,36)29-19-12-3-4-13(19)10-24(34,9-12)11-32/h5-8,12-13,19,29,32,34H,3-4,9-11H2,1-2H3,(H,28,33). The van der Waals surface area contributed by atoms with E-state index in [4.69, 9.17) is 0 Å². The third kappa shape index (κ3) is 4.23. The van der Waals surface area contributed by atoms with Gasteiger partial charge in [0.1, 0.15) is 5.69 Å². The Morgan fingerprint density at radius 1 is 1.14 bits per heavy atom. The van der Waals surface area contributed by atoms with Crippen molar-refractivity contribution in [2.45, 2.75) is 42.4 Å². The quantitative estimate of drug-likeness (QED) is 0.358. The van der Waals surface area contributed by atoms with Crippen LogP contribution in [0.25, 0.3) is 10.9 Å². The fourth-order valence-corrected chi connectivity index (χ4v) is 7.89. The van der Waals surface area contributed by atoms with E-state index in [0.29, 0.717) is 30.4 Å². The van der Waals surface area contributed by atoms with Crippen molar-refractivity contribution in [3.63, 3.8) is 0 Å². The number of rotatable bonds is 6. The first-order chi connectivity index (χ1) is 17.3. The lowest BCUT2D eigenvalue weighted by Crippen LogP contribution is -2.52. The van der Waals surface area contributed by atoms with E-state index in [1.54, 1.807) is 23.9 Å². The van der Waals surface area contributed by atoms with Gasteiger partial charge in [-0.25, -0.2) is 26.3 Å². The van der Waals surface area contributed by atoms with Gasteiger partial charge in [0, 0.05) is 49.5 Å². The van der Waals surface area contributed by atoms with Crippen LogP contribution in [-0.4, -0.2) is 51.9 Å². The Hall–Kier alpha value is -2.87. The van der Waals surface area contributed by atoms with Crippen LogP contribution in [0, 0.1) is 29.3 Å². The van der Waals surface area contributed by atoms with Crippen LogP contribution < -0.4 is 10.0 Å². The van der Waals surface area contributed by atoms with Gasteiger partial charge in [0.15, 0.2) is 22.5 Å². The van der Waals surface area contributed by atoms with Crippen LogP contribution in [0.5, 0.6) is 0 Å². The number of sulfonamides is 1. The minimum atomic E-state index is -4.19. The number of hydrogen-bond acceptors (Lipinski definition) is 5. The number of nitrogens with zero attached hydrogens (tertiary/aromatic N) is 2. The molecule has 2 aliphatic rings. The molecule has 2 unspecified atom stereocenters. The van der Waals surface area contributed by atoms with Crippen LogP contribution >= 0.6 is 0 Å². The molecule has 200 valence electrons. The molecule has 13 heteroatoms. The molecule has 2 bridgehead atoms. The van der Waals surface area contributed by atoms with E-state index >= 15 is 0 Å². The highest BCUT2D eigenvalue weighted by atomic mass is 32.2. The van der Waals surface area contributed by atoms with Gasteiger partial charge < -0.3 is 24.7 Å². The van der Waals surface area contributed by atoms with Gasteiger partial charge >= 0.3 is 0 Å². The molecule has 9 nitrogen and oxygen atoms in total. The summed E-state index contributed by atoms with van der Waals surface area (Å²) < 4.78 is 73.6. The lowest BCUT2D eigenvalue weighted by Gasteiger charge is -2.40. The van der Waals surface area contributed by atoms with Crippen LogP contribution in [-0.2, 0) is 24.1 Å². The molecule has 2 aliphatic carbocycles. The lowest BCUT2D eigenvalue weighted by atomic mass is 9.75. The first-order valence-electron chi connectivity index (χ1n) is 11.8. The van der Waals surface area contributed by atoms with E-state index in [1.165, 1.54) is 11.6 Å². The molecule has 2 saturated carbocycles. The fraction of sp³-hybridized carbons (Fsp3) is 0.458. The summed E-state index contributed by atoms with van der Waals surface area (Å²) in [4.78, 5) is 13.2. The van der Waals surface area contributed by atoms with E-state index in [9.17, 15) is 36.6 Å². The van der Waals surface area contributed by atoms with Gasteiger partial charge in [0.05, 0.1) is 17.7 Å². The highest BCUT2D eigenvalue weighted by molar-refractivity contribution is 7.89. The third-order valence-electron chi connectivity index (χ3n) is 7.68. The highest BCUT2D eigenvalue weighted by Gasteiger charge is 2.50. The fourth-order valence-electron chi connectivity index (χ4n) is 6.07. The number of carbonyl (C=O) groups excluding carboxylic acids is 1. The Kier molecular flexibility index (Phi) is 6.17. The summed E-state index contributed by atoms with van der Waals surface area (Å²) in [5, 5.41) is 22.6. The summed E-state index contributed by atoms with van der Waals surface area (Å²) in [5.74, 6) is -5.77. The Balaban J connectivity index is 1.50. The van der Waals surface area contributed by atoms with Crippen molar-refractivity contribution in [3.05, 3.63) is 47.5 Å². The summed E-state index contributed by atoms with van der Waals surface area (Å²) >= 11 is 0. The summed E-state index contributed by atoms with van der Waals surface area (Å²) in [7, 11) is -1.16. The Morgan fingerprint density at radius 3 is 2.30 bits per heavy atom. The van der Waals surface area contributed by atoms with Gasteiger partial charge in [-0.2, -0.15) is 0 Å². The third-order valence-corrected chi connectivity index (χ3v) is 9.23. The number of benzene rings is 1. The topological polar surface area (TPSA) is 126 Å². The Bertz CT molecular complexity index is 1480. The van der Waals surface area contributed by atoms with Gasteiger partial charge in [-0.1, -0.05) is 0 Å². The molecule has 0 spiro atoms. The van der Waals surface area contributed by atoms with Crippen LogP contribution in [0.15, 0.2) is 29.4 Å². The van der Waals surface area contributed by atoms with Crippen LogP contribution in [0.3, 0.4) is 0 Å². The molecular formula is C24H27F3N4O5S. The van der Waals surface area contributed by atoms with Gasteiger partial charge in [-0.15, -0.1) is 0 Å². The molecule has 2 atom stereocenters. The maximum atomic E-state index is 13.7. The molecule has 37 heavy (non-hydrogen) atoms. The van der Waals surface area contributed by atoms with E-state index in [0.717, 1.165) is 0 Å². The Labute approximate surface area is 210 Å². The maximum absolute atomic E-state index is 13.7. The van der Waals surface area contributed by atoms with Crippen molar-refractivity contribution in [1.29, 1.82) is 0 Å². The van der Waals surface area contributed by atoms with Crippen molar-refractivity contribution < 1.29 is 36.6 Å². The second kappa shape index (κ2) is 8.86. The highest BCUT2D eigenvalue weighted by Crippen LogP contribution is 2.47. The average Bonchev–Trinajstić information content (AvgIpc) is 3.40. The first kappa shape index (κ1) is 25.8. The number of fused-ring (bicyclic) bond motifs is 3. The number of aryl methyl sites for hydroxylation is 1. The van der Waals surface area contributed by atoms with Crippen LogP contribution in [0.4, 0.5) is 18.9 Å². The van der Waals surface area contributed by atoms with E-state index in [1.807, 2.05) is 0 Å². The predicted octanol–water partition coefficient (Wildman–Crippen LogP) is 2.38. The first-order valence-corrected chi connectivity index (χ1v) is 13.3. The Morgan fingerprint density at radius 2 is 1.73 bits per heavy atom. The summed E-state index contributed by atoms with van der Waals surface area (Å²) in [6, 6.07) is 2.38. The summed E-state index contributed by atoms with van der Waals surface area (Å²) in [6.45, 7) is -0.387. The van der Waals surface area contributed by atoms with E-state index < -0.39 is 45.0 Å². The zero-order valence-electron chi connectivity index (χ0n) is 20.1. The number of aliphatic hydroxyl groups excluding tert-OH is 1. The molecule has 2 aromatic heterocycles. The van der Waals surface area contributed by atoms with Gasteiger partial charge in [0.25, 0.3) is 15.9 Å². The summed E-state index contributed by atoms with van der Waals surface area (Å²) in [6.07, 6.45) is 3.57. The van der Waals surface area contributed by atoms with Crippen molar-refractivity contribution in [2.75, 3.05) is 11.9 Å². The number of hydrogen-bond donors (Lipinski definition) is 4. The zero-order chi connectivity index (χ0) is 26.9. The largest absolute Gasteiger partial charge is 0.393 e. The normalized spacial score (nSPS) is 25.6. The van der Waals surface area contributed by atoms with E-state index in [2.05, 4.69) is 10.0 Å². The van der Waals surface area contributed by atoms with Crippen molar-refractivity contribution in [2.24, 2.45) is 25.9 Å². The molecule has 4 N–H and O–H groups in total. The molecule has 1 amide bonds. The number of amides is 1. The minimum Gasteiger partial charge on any atom is -0.393 e. The molecule has 5 rings (SSSR count). The number of nitrogens with one attached hydrogen (secondary N) is 2. The SMILES string of the molecule is Cn1c(C(=O)Nc2cc(F)c(F)c(F)c2)c2ccn(C)c2c1S(=O)(=O)NC1C2CCC1CC(O)(CO)C2. The average molecular weight is 541 g/mol. The number of carbonyl (C=O) groups is 1. The lowest BCUT2D eigenvalue weighted by molar-refractivity contribution is -0.0672. The second-order valence-corrected chi connectivity index (χ2v) is 11.8. The predicted molar refractivity (Wildman–Crippen MR) is 128 cm³/mol. The molecule has 2 fully saturated rings. The molecule has 1 aromatic carbocycles. The van der Waals surface area contributed by atoms with Crippen molar-refractivity contribution >= 4 is 32.5 Å². The minimum absolute atomic E-state index is 0.0672. The number of aliphatic hydroxyl groups is 2. The van der Waals surface area contributed by atoms with Gasteiger partial charge in [-0.05, 0) is 43.6 Å². The molecule has 0 aliphatic heterocycles.